The van der Waals surface area contributed by atoms with E-state index in [2.05, 4.69) is 4.90 Å². The average Bonchev–Trinajstić information content (AvgIpc) is 2.63. The highest BCUT2D eigenvalue weighted by atomic mass is 19.1. The molecule has 1 aliphatic carbocycles. The maximum atomic E-state index is 12.2. The van der Waals surface area contributed by atoms with Crippen molar-refractivity contribution in [2.45, 2.75) is 32.1 Å². The lowest BCUT2D eigenvalue weighted by atomic mass is 10.0. The minimum Gasteiger partial charge on any atom is -0.303 e. The van der Waals surface area contributed by atoms with Crippen LogP contribution in [0.15, 0.2) is 0 Å². The molecule has 0 amide bonds. The number of likely N-dealkylation sites (tertiary alicyclic amines) is 1. The van der Waals surface area contributed by atoms with Gasteiger partial charge in [0, 0.05) is 6.54 Å². The van der Waals surface area contributed by atoms with Crippen molar-refractivity contribution >= 4 is 0 Å². The van der Waals surface area contributed by atoms with Crippen molar-refractivity contribution in [3.8, 4) is 0 Å². The SMILES string of the molecule is FCCC1(CN2CCCC2)CC1. The van der Waals surface area contributed by atoms with Crippen molar-refractivity contribution in [1.82, 2.24) is 4.90 Å². The summed E-state index contributed by atoms with van der Waals surface area (Å²) >= 11 is 0. The zero-order valence-corrected chi connectivity index (χ0v) is 7.69. The van der Waals surface area contributed by atoms with Crippen LogP contribution in [0.1, 0.15) is 32.1 Å². The van der Waals surface area contributed by atoms with E-state index in [9.17, 15) is 4.39 Å². The fourth-order valence-electron chi connectivity index (χ4n) is 2.28. The van der Waals surface area contributed by atoms with Crippen LogP contribution in [0.4, 0.5) is 4.39 Å². The van der Waals surface area contributed by atoms with Crippen LogP contribution in [0.25, 0.3) is 0 Å². The molecule has 0 aromatic heterocycles. The van der Waals surface area contributed by atoms with Gasteiger partial charge in [-0.1, -0.05) is 0 Å². The van der Waals surface area contributed by atoms with E-state index in [-0.39, 0.29) is 6.67 Å². The summed E-state index contributed by atoms with van der Waals surface area (Å²) in [6.07, 6.45) is 6.06. The second-order valence-electron chi connectivity index (χ2n) is 4.42. The molecule has 2 fully saturated rings. The Hall–Kier alpha value is -0.110. The summed E-state index contributed by atoms with van der Waals surface area (Å²) in [7, 11) is 0. The number of hydrogen-bond acceptors (Lipinski definition) is 1. The fourth-order valence-corrected chi connectivity index (χ4v) is 2.28. The Labute approximate surface area is 73.9 Å². The van der Waals surface area contributed by atoms with Gasteiger partial charge in [-0.3, -0.25) is 4.39 Å². The van der Waals surface area contributed by atoms with E-state index in [1.807, 2.05) is 0 Å². The van der Waals surface area contributed by atoms with Gasteiger partial charge in [0.25, 0.3) is 0 Å². The van der Waals surface area contributed by atoms with Crippen LogP contribution >= 0.6 is 0 Å². The van der Waals surface area contributed by atoms with Crippen LogP contribution in [-0.4, -0.2) is 31.2 Å². The molecular weight excluding hydrogens is 153 g/mol. The second-order valence-corrected chi connectivity index (χ2v) is 4.42. The van der Waals surface area contributed by atoms with Crippen LogP contribution in [0.3, 0.4) is 0 Å². The minimum absolute atomic E-state index is 0.117. The van der Waals surface area contributed by atoms with Crippen molar-refractivity contribution in [2.24, 2.45) is 5.41 Å². The van der Waals surface area contributed by atoms with Crippen LogP contribution in [0.2, 0.25) is 0 Å². The van der Waals surface area contributed by atoms with Crippen molar-refractivity contribution in [3.63, 3.8) is 0 Å². The lowest BCUT2D eigenvalue weighted by Crippen LogP contribution is -2.27. The Morgan fingerprint density at radius 2 is 1.83 bits per heavy atom. The fraction of sp³-hybridized carbons (Fsp3) is 1.00. The van der Waals surface area contributed by atoms with Gasteiger partial charge < -0.3 is 4.90 Å². The monoisotopic (exact) mass is 171 g/mol. The molecule has 2 aliphatic rings. The molecule has 0 radical (unpaired) electrons. The second kappa shape index (κ2) is 3.33. The van der Waals surface area contributed by atoms with Crippen LogP contribution in [0.5, 0.6) is 0 Å². The molecule has 1 aliphatic heterocycles. The zero-order valence-electron chi connectivity index (χ0n) is 7.69. The molecule has 0 atom stereocenters. The lowest BCUT2D eigenvalue weighted by Gasteiger charge is -2.21. The highest BCUT2D eigenvalue weighted by Gasteiger charge is 2.43. The first-order valence-electron chi connectivity index (χ1n) is 5.13. The first-order chi connectivity index (χ1) is 5.85. The predicted molar refractivity (Wildman–Crippen MR) is 47.9 cm³/mol. The third-order valence-electron chi connectivity index (χ3n) is 3.34. The molecule has 1 heterocycles. The average molecular weight is 171 g/mol. The summed E-state index contributed by atoms with van der Waals surface area (Å²) in [6.45, 7) is 3.58. The highest BCUT2D eigenvalue weighted by molar-refractivity contribution is 4.95. The van der Waals surface area contributed by atoms with Crippen LogP contribution in [0, 0.1) is 5.41 Å². The van der Waals surface area contributed by atoms with E-state index in [0.717, 1.165) is 6.42 Å². The van der Waals surface area contributed by atoms with Crippen LogP contribution in [-0.2, 0) is 0 Å². The maximum absolute atomic E-state index is 12.2. The molecule has 1 nitrogen and oxygen atoms in total. The van der Waals surface area contributed by atoms with Gasteiger partial charge in [-0.2, -0.15) is 0 Å². The lowest BCUT2D eigenvalue weighted by molar-refractivity contribution is 0.239. The maximum Gasteiger partial charge on any atom is 0.0900 e. The van der Waals surface area contributed by atoms with Crippen molar-refractivity contribution in [2.75, 3.05) is 26.3 Å². The predicted octanol–water partition coefficient (Wildman–Crippen LogP) is 2.22. The van der Waals surface area contributed by atoms with E-state index >= 15 is 0 Å². The van der Waals surface area contributed by atoms with Gasteiger partial charge in [0.05, 0.1) is 6.67 Å². The first-order valence-corrected chi connectivity index (χ1v) is 5.13. The summed E-state index contributed by atoms with van der Waals surface area (Å²) in [4.78, 5) is 2.52. The standard InChI is InChI=1S/C10H18FN/c11-6-5-10(3-4-10)9-12-7-1-2-8-12/h1-9H2. The highest BCUT2D eigenvalue weighted by Crippen LogP contribution is 2.49. The molecule has 70 valence electrons. The zero-order chi connectivity index (χ0) is 8.44. The Morgan fingerprint density at radius 3 is 2.33 bits per heavy atom. The Balaban J connectivity index is 1.77. The van der Waals surface area contributed by atoms with E-state index in [1.54, 1.807) is 0 Å². The van der Waals surface area contributed by atoms with Gasteiger partial charge in [0.15, 0.2) is 0 Å². The minimum atomic E-state index is -0.117. The summed E-state index contributed by atoms with van der Waals surface area (Å²) in [6, 6.07) is 0. The topological polar surface area (TPSA) is 3.24 Å². The van der Waals surface area contributed by atoms with Crippen LogP contribution < -0.4 is 0 Å². The third kappa shape index (κ3) is 1.79. The molecule has 2 rings (SSSR count). The van der Waals surface area contributed by atoms with Crippen molar-refractivity contribution < 1.29 is 4.39 Å². The Bertz CT molecular complexity index is 148. The molecular formula is C10H18FN. The number of hydrogen-bond donors (Lipinski definition) is 0. The molecule has 0 spiro atoms. The molecule has 1 saturated heterocycles. The van der Waals surface area contributed by atoms with Crippen molar-refractivity contribution in [1.29, 1.82) is 0 Å². The molecule has 0 unspecified atom stereocenters. The van der Waals surface area contributed by atoms with Gasteiger partial charge in [-0.25, -0.2) is 0 Å². The summed E-state index contributed by atoms with van der Waals surface area (Å²) < 4.78 is 12.2. The quantitative estimate of drug-likeness (QED) is 0.627. The van der Waals surface area contributed by atoms with E-state index in [0.29, 0.717) is 5.41 Å². The van der Waals surface area contributed by atoms with Gasteiger partial charge in [-0.15, -0.1) is 0 Å². The van der Waals surface area contributed by atoms with Gasteiger partial charge >= 0.3 is 0 Å². The number of nitrogens with zero attached hydrogens (tertiary/aromatic N) is 1. The van der Waals surface area contributed by atoms with E-state index < -0.39 is 0 Å². The summed E-state index contributed by atoms with van der Waals surface area (Å²) in [5.74, 6) is 0. The summed E-state index contributed by atoms with van der Waals surface area (Å²) in [5, 5.41) is 0. The molecule has 0 aromatic rings. The van der Waals surface area contributed by atoms with E-state index in [1.165, 1.54) is 45.3 Å². The van der Waals surface area contributed by atoms with Gasteiger partial charge in [-0.05, 0) is 50.6 Å². The first kappa shape index (κ1) is 8.49. The molecule has 1 saturated carbocycles. The molecule has 12 heavy (non-hydrogen) atoms. The molecule has 0 aromatic carbocycles. The van der Waals surface area contributed by atoms with E-state index in [4.69, 9.17) is 0 Å². The largest absolute Gasteiger partial charge is 0.303 e. The molecule has 0 N–H and O–H groups in total. The summed E-state index contributed by atoms with van der Waals surface area (Å²) in [5.41, 5.74) is 0.416. The number of halogens is 1. The molecule has 0 bridgehead atoms. The van der Waals surface area contributed by atoms with Crippen molar-refractivity contribution in [3.05, 3.63) is 0 Å². The third-order valence-corrected chi connectivity index (χ3v) is 3.34. The Kier molecular flexibility index (Phi) is 2.35. The Morgan fingerprint density at radius 1 is 1.17 bits per heavy atom. The smallest absolute Gasteiger partial charge is 0.0900 e. The van der Waals surface area contributed by atoms with Gasteiger partial charge in [0.1, 0.15) is 0 Å². The molecule has 2 heteroatoms. The normalized spacial score (nSPS) is 27.8. The number of rotatable bonds is 4. The van der Waals surface area contributed by atoms with Gasteiger partial charge in [0.2, 0.25) is 0 Å². The number of alkyl halides is 1.